The molecule has 26 heavy (non-hydrogen) atoms. The standard InChI is InChI=1S/C16H24N6O3S/c1-25-15-4-3-14-17-18-16(22(14)19-15)13-5-8-20(9-6-13)10-11-21-7-2-12-26(21,23)24/h3-4,13H,2,5-12H2,1H3. The summed E-state index contributed by atoms with van der Waals surface area (Å²) in [6.07, 6.45) is 2.68. The Hall–Kier alpha value is -1.78. The maximum absolute atomic E-state index is 11.9. The average molecular weight is 380 g/mol. The van der Waals surface area contributed by atoms with E-state index in [4.69, 9.17) is 4.74 Å². The Labute approximate surface area is 153 Å². The lowest BCUT2D eigenvalue weighted by Gasteiger charge is -2.31. The fourth-order valence-corrected chi connectivity index (χ4v) is 5.28. The summed E-state index contributed by atoms with van der Waals surface area (Å²) >= 11 is 0. The second kappa shape index (κ2) is 7.09. The first-order valence-electron chi connectivity index (χ1n) is 9.03. The number of methoxy groups -OCH3 is 1. The van der Waals surface area contributed by atoms with Crippen molar-refractivity contribution in [3.8, 4) is 5.88 Å². The SMILES string of the molecule is COc1ccc2nnc(C3CCN(CCN4CCCS4(=O)=O)CC3)n2n1. The molecule has 0 unspecified atom stereocenters. The number of rotatable bonds is 5. The number of piperidine rings is 1. The summed E-state index contributed by atoms with van der Waals surface area (Å²) in [4.78, 5) is 2.33. The molecule has 10 heteroatoms. The van der Waals surface area contributed by atoms with Crippen molar-refractivity contribution in [2.75, 3.05) is 45.6 Å². The molecule has 2 aliphatic rings. The van der Waals surface area contributed by atoms with Crippen LogP contribution in [0.2, 0.25) is 0 Å². The molecule has 4 rings (SSSR count). The van der Waals surface area contributed by atoms with Crippen LogP contribution in [0.4, 0.5) is 0 Å². The third-order valence-electron chi connectivity index (χ3n) is 5.29. The summed E-state index contributed by atoms with van der Waals surface area (Å²) < 4.78 is 32.4. The van der Waals surface area contributed by atoms with E-state index in [1.54, 1.807) is 22.0 Å². The molecule has 0 radical (unpaired) electrons. The zero-order valence-electron chi connectivity index (χ0n) is 14.9. The fraction of sp³-hybridized carbons (Fsp3) is 0.688. The highest BCUT2D eigenvalue weighted by atomic mass is 32.2. The van der Waals surface area contributed by atoms with Crippen LogP contribution in [0.5, 0.6) is 5.88 Å². The van der Waals surface area contributed by atoms with Gasteiger partial charge in [-0.05, 0) is 38.4 Å². The smallest absolute Gasteiger partial charge is 0.231 e. The van der Waals surface area contributed by atoms with Gasteiger partial charge in [-0.1, -0.05) is 0 Å². The van der Waals surface area contributed by atoms with E-state index in [1.807, 2.05) is 6.07 Å². The van der Waals surface area contributed by atoms with E-state index >= 15 is 0 Å². The Bertz CT molecular complexity index is 875. The predicted octanol–water partition coefficient (Wildman–Crippen LogP) is 0.348. The van der Waals surface area contributed by atoms with Gasteiger partial charge < -0.3 is 9.64 Å². The number of sulfonamides is 1. The lowest BCUT2D eigenvalue weighted by molar-refractivity contribution is 0.197. The van der Waals surface area contributed by atoms with Crippen LogP contribution in [0.1, 0.15) is 31.0 Å². The average Bonchev–Trinajstić information content (AvgIpc) is 3.22. The Morgan fingerprint density at radius 1 is 1.15 bits per heavy atom. The number of ether oxygens (including phenoxy) is 1. The molecule has 2 fully saturated rings. The molecule has 142 valence electrons. The van der Waals surface area contributed by atoms with Gasteiger partial charge in [-0.25, -0.2) is 12.7 Å². The van der Waals surface area contributed by atoms with Crippen LogP contribution in [0.15, 0.2) is 12.1 Å². The third-order valence-corrected chi connectivity index (χ3v) is 7.25. The van der Waals surface area contributed by atoms with Gasteiger partial charge in [0.25, 0.3) is 0 Å². The minimum absolute atomic E-state index is 0.297. The van der Waals surface area contributed by atoms with E-state index in [-0.39, 0.29) is 0 Å². The second-order valence-electron chi connectivity index (χ2n) is 6.89. The van der Waals surface area contributed by atoms with Gasteiger partial charge in [-0.2, -0.15) is 4.52 Å². The molecule has 4 heterocycles. The van der Waals surface area contributed by atoms with E-state index < -0.39 is 10.0 Å². The monoisotopic (exact) mass is 380 g/mol. The molecule has 0 saturated carbocycles. The molecule has 0 N–H and O–H groups in total. The van der Waals surface area contributed by atoms with Crippen LogP contribution in [-0.2, 0) is 10.0 Å². The molecule has 0 spiro atoms. The van der Waals surface area contributed by atoms with E-state index in [1.165, 1.54) is 0 Å². The van der Waals surface area contributed by atoms with E-state index in [9.17, 15) is 8.42 Å². The van der Waals surface area contributed by atoms with Crippen molar-refractivity contribution < 1.29 is 13.2 Å². The molecule has 0 aliphatic carbocycles. The quantitative estimate of drug-likeness (QED) is 0.739. The molecule has 0 aromatic carbocycles. The van der Waals surface area contributed by atoms with Gasteiger partial charge in [0.15, 0.2) is 11.5 Å². The Morgan fingerprint density at radius 3 is 2.65 bits per heavy atom. The van der Waals surface area contributed by atoms with E-state index in [2.05, 4.69) is 20.2 Å². The molecule has 9 nitrogen and oxygen atoms in total. The van der Waals surface area contributed by atoms with Crippen molar-refractivity contribution in [3.63, 3.8) is 0 Å². The molecular formula is C16H24N6O3S. The first kappa shape index (κ1) is 17.6. The largest absolute Gasteiger partial charge is 0.480 e. The number of likely N-dealkylation sites (tertiary alicyclic amines) is 1. The number of hydrogen-bond donors (Lipinski definition) is 0. The van der Waals surface area contributed by atoms with Gasteiger partial charge in [0, 0.05) is 31.6 Å². The molecular weight excluding hydrogens is 356 g/mol. The predicted molar refractivity (Wildman–Crippen MR) is 95.7 cm³/mol. The minimum Gasteiger partial charge on any atom is -0.480 e. The minimum atomic E-state index is -3.00. The topological polar surface area (TPSA) is 92.9 Å². The van der Waals surface area contributed by atoms with Crippen LogP contribution >= 0.6 is 0 Å². The van der Waals surface area contributed by atoms with Crippen molar-refractivity contribution in [1.82, 2.24) is 29.0 Å². The highest BCUT2D eigenvalue weighted by Gasteiger charge is 2.29. The van der Waals surface area contributed by atoms with Crippen LogP contribution < -0.4 is 4.74 Å². The second-order valence-corrected chi connectivity index (χ2v) is 8.98. The van der Waals surface area contributed by atoms with E-state index in [0.29, 0.717) is 30.6 Å². The van der Waals surface area contributed by atoms with Crippen molar-refractivity contribution in [2.45, 2.75) is 25.2 Å². The summed E-state index contributed by atoms with van der Waals surface area (Å²) in [5, 5.41) is 13.0. The maximum Gasteiger partial charge on any atom is 0.231 e. The van der Waals surface area contributed by atoms with Crippen LogP contribution in [0.3, 0.4) is 0 Å². The maximum atomic E-state index is 11.9. The Morgan fingerprint density at radius 2 is 1.96 bits per heavy atom. The number of hydrogen-bond acceptors (Lipinski definition) is 7. The van der Waals surface area contributed by atoms with Crippen LogP contribution in [-0.4, -0.2) is 83.0 Å². The first-order chi connectivity index (χ1) is 12.6. The van der Waals surface area contributed by atoms with Gasteiger partial charge in [0.1, 0.15) is 0 Å². The molecule has 0 bridgehead atoms. The summed E-state index contributed by atoms with van der Waals surface area (Å²) in [7, 11) is -1.41. The molecule has 2 aliphatic heterocycles. The summed E-state index contributed by atoms with van der Waals surface area (Å²) in [5.74, 6) is 2.02. The van der Waals surface area contributed by atoms with Gasteiger partial charge in [0.2, 0.25) is 15.9 Å². The molecule has 2 saturated heterocycles. The molecule has 2 aromatic heterocycles. The normalized spacial score (nSPS) is 22.2. The van der Waals surface area contributed by atoms with Gasteiger partial charge >= 0.3 is 0 Å². The van der Waals surface area contributed by atoms with Gasteiger partial charge in [-0.3, -0.25) is 0 Å². The zero-order valence-corrected chi connectivity index (χ0v) is 15.7. The zero-order chi connectivity index (χ0) is 18.1. The van der Waals surface area contributed by atoms with E-state index in [0.717, 1.165) is 50.4 Å². The van der Waals surface area contributed by atoms with Crippen molar-refractivity contribution in [2.24, 2.45) is 0 Å². The van der Waals surface area contributed by atoms with Crippen molar-refractivity contribution in [1.29, 1.82) is 0 Å². The van der Waals surface area contributed by atoms with Gasteiger partial charge in [0.05, 0.1) is 12.9 Å². The molecule has 0 amide bonds. The van der Waals surface area contributed by atoms with Gasteiger partial charge in [-0.15, -0.1) is 15.3 Å². The summed E-state index contributed by atoms with van der Waals surface area (Å²) in [6, 6.07) is 3.64. The fourth-order valence-electron chi connectivity index (χ4n) is 3.76. The van der Waals surface area contributed by atoms with Crippen LogP contribution in [0, 0.1) is 0 Å². The summed E-state index contributed by atoms with van der Waals surface area (Å²) in [6.45, 7) is 3.91. The lowest BCUT2D eigenvalue weighted by atomic mass is 9.96. The number of fused-ring (bicyclic) bond motifs is 1. The highest BCUT2D eigenvalue weighted by Crippen LogP contribution is 2.27. The lowest BCUT2D eigenvalue weighted by Crippen LogP contribution is -2.40. The first-order valence-corrected chi connectivity index (χ1v) is 10.6. The van der Waals surface area contributed by atoms with Crippen LogP contribution in [0.25, 0.3) is 5.65 Å². The van der Waals surface area contributed by atoms with Crippen molar-refractivity contribution in [3.05, 3.63) is 18.0 Å². The summed E-state index contributed by atoms with van der Waals surface area (Å²) in [5.41, 5.74) is 0.725. The molecule has 0 atom stereocenters. The van der Waals surface area contributed by atoms with Crippen molar-refractivity contribution >= 4 is 15.7 Å². The number of aromatic nitrogens is 4. The Kier molecular flexibility index (Phi) is 4.80. The third kappa shape index (κ3) is 3.40. The highest BCUT2D eigenvalue weighted by molar-refractivity contribution is 7.89. The number of nitrogens with zero attached hydrogens (tertiary/aromatic N) is 6. The Balaban J connectivity index is 1.36. The molecule has 2 aromatic rings.